The number of hydrogen-bond acceptors (Lipinski definition) is 4. The molecule has 1 atom stereocenters. The van der Waals surface area contributed by atoms with E-state index in [1.54, 1.807) is 40.7 Å². The maximum atomic E-state index is 11.8. The van der Waals surface area contributed by atoms with E-state index in [-0.39, 0.29) is 5.56 Å². The largest absolute Gasteiger partial charge is 0.458 e. The van der Waals surface area contributed by atoms with E-state index in [1.165, 1.54) is 6.07 Å². The molecule has 0 aromatic carbocycles. The third-order valence-electron chi connectivity index (χ3n) is 2.07. The lowest BCUT2D eigenvalue weighted by Gasteiger charge is -2.22. The van der Waals surface area contributed by atoms with Crippen molar-refractivity contribution in [3.8, 4) is 0 Å². The molecular formula is C12H18N2O3. The number of nitrogens with zero attached hydrogens (tertiary/aromatic N) is 2. The number of aromatic nitrogens is 2. The number of carbonyl (C=O) groups is 1. The van der Waals surface area contributed by atoms with Gasteiger partial charge >= 0.3 is 5.97 Å². The minimum absolute atomic E-state index is 0.311. The van der Waals surface area contributed by atoms with E-state index in [2.05, 4.69) is 5.10 Å². The summed E-state index contributed by atoms with van der Waals surface area (Å²) in [4.78, 5) is 23.4. The van der Waals surface area contributed by atoms with E-state index in [0.29, 0.717) is 5.69 Å². The highest BCUT2D eigenvalue weighted by molar-refractivity contribution is 5.74. The van der Waals surface area contributed by atoms with E-state index in [0.717, 1.165) is 4.68 Å². The zero-order valence-corrected chi connectivity index (χ0v) is 10.9. The second kappa shape index (κ2) is 4.69. The van der Waals surface area contributed by atoms with Crippen molar-refractivity contribution >= 4 is 5.97 Å². The Morgan fingerprint density at radius 3 is 2.53 bits per heavy atom. The zero-order valence-electron chi connectivity index (χ0n) is 10.9. The van der Waals surface area contributed by atoms with Gasteiger partial charge in [-0.1, -0.05) is 0 Å². The van der Waals surface area contributed by atoms with E-state index in [4.69, 9.17) is 4.74 Å². The lowest BCUT2D eigenvalue weighted by Crippen LogP contribution is -2.34. The predicted octanol–water partition coefficient (Wildman–Crippen LogP) is 1.45. The molecule has 0 aliphatic heterocycles. The summed E-state index contributed by atoms with van der Waals surface area (Å²) in [7, 11) is 0. The van der Waals surface area contributed by atoms with Crippen LogP contribution < -0.4 is 5.56 Å². The van der Waals surface area contributed by atoms with Gasteiger partial charge < -0.3 is 4.74 Å². The average Bonchev–Trinajstić information content (AvgIpc) is 2.18. The van der Waals surface area contributed by atoms with Crippen molar-refractivity contribution < 1.29 is 9.53 Å². The van der Waals surface area contributed by atoms with Crippen LogP contribution in [0.1, 0.15) is 39.4 Å². The van der Waals surface area contributed by atoms with Crippen LogP contribution in [0.4, 0.5) is 0 Å². The maximum Gasteiger partial charge on any atom is 0.331 e. The van der Waals surface area contributed by atoms with Gasteiger partial charge in [0.2, 0.25) is 0 Å². The third-order valence-corrected chi connectivity index (χ3v) is 2.07. The summed E-state index contributed by atoms with van der Waals surface area (Å²) >= 11 is 0. The molecule has 0 aliphatic carbocycles. The Morgan fingerprint density at radius 1 is 1.41 bits per heavy atom. The highest BCUT2D eigenvalue weighted by Crippen LogP contribution is 2.12. The van der Waals surface area contributed by atoms with Crippen molar-refractivity contribution in [3.05, 3.63) is 28.2 Å². The quantitative estimate of drug-likeness (QED) is 0.732. The van der Waals surface area contributed by atoms with Gasteiger partial charge in [-0.15, -0.1) is 0 Å². The van der Waals surface area contributed by atoms with Crippen molar-refractivity contribution in [2.75, 3.05) is 0 Å². The lowest BCUT2D eigenvalue weighted by atomic mass is 10.2. The van der Waals surface area contributed by atoms with Crippen LogP contribution in [0, 0.1) is 6.92 Å². The van der Waals surface area contributed by atoms with Crippen LogP contribution in [-0.4, -0.2) is 21.4 Å². The Kier molecular flexibility index (Phi) is 3.70. The molecule has 0 radical (unpaired) electrons. The summed E-state index contributed by atoms with van der Waals surface area (Å²) in [5.41, 5.74) is -0.201. The standard InChI is InChI=1S/C12H18N2O3/c1-8-6-7-10(15)14(13-8)9(2)11(16)17-12(3,4)5/h6-7,9H,1-5H3. The molecular weight excluding hydrogens is 220 g/mol. The van der Waals surface area contributed by atoms with Gasteiger partial charge in [0.1, 0.15) is 5.60 Å². The monoisotopic (exact) mass is 238 g/mol. The first-order chi connectivity index (χ1) is 7.70. The average molecular weight is 238 g/mol. The number of rotatable bonds is 2. The first-order valence-corrected chi connectivity index (χ1v) is 5.50. The normalized spacial score (nSPS) is 13.2. The molecule has 1 aromatic heterocycles. The molecule has 5 nitrogen and oxygen atoms in total. The van der Waals surface area contributed by atoms with Gasteiger partial charge in [0.25, 0.3) is 5.56 Å². The van der Waals surface area contributed by atoms with Crippen molar-refractivity contribution in [1.29, 1.82) is 0 Å². The second-order valence-electron chi connectivity index (χ2n) is 4.97. The molecule has 1 rings (SSSR count). The highest BCUT2D eigenvalue weighted by Gasteiger charge is 2.24. The topological polar surface area (TPSA) is 61.2 Å². The van der Waals surface area contributed by atoms with Crippen molar-refractivity contribution in [1.82, 2.24) is 9.78 Å². The molecule has 1 unspecified atom stereocenters. The Labute approximate surface area is 100 Å². The molecule has 0 saturated carbocycles. The number of aryl methyl sites for hydroxylation is 1. The van der Waals surface area contributed by atoms with Gasteiger partial charge in [-0.2, -0.15) is 5.10 Å². The van der Waals surface area contributed by atoms with Crippen LogP contribution in [0.25, 0.3) is 0 Å². The maximum absolute atomic E-state index is 11.8. The van der Waals surface area contributed by atoms with Crippen molar-refractivity contribution in [3.63, 3.8) is 0 Å². The van der Waals surface area contributed by atoms with Gasteiger partial charge in [-0.05, 0) is 40.7 Å². The van der Waals surface area contributed by atoms with Crippen LogP contribution >= 0.6 is 0 Å². The van der Waals surface area contributed by atoms with Gasteiger partial charge in [-0.25, -0.2) is 9.48 Å². The highest BCUT2D eigenvalue weighted by atomic mass is 16.6. The number of carbonyl (C=O) groups excluding carboxylic acids is 1. The fraction of sp³-hybridized carbons (Fsp3) is 0.583. The SMILES string of the molecule is Cc1ccc(=O)n(C(C)C(=O)OC(C)(C)C)n1. The fourth-order valence-electron chi connectivity index (χ4n) is 1.29. The van der Waals surface area contributed by atoms with Gasteiger partial charge in [0, 0.05) is 6.07 Å². The lowest BCUT2D eigenvalue weighted by molar-refractivity contribution is -0.158. The van der Waals surface area contributed by atoms with E-state index < -0.39 is 17.6 Å². The summed E-state index contributed by atoms with van der Waals surface area (Å²) in [6.45, 7) is 8.71. The first-order valence-electron chi connectivity index (χ1n) is 5.50. The smallest absolute Gasteiger partial charge is 0.331 e. The molecule has 0 amide bonds. The van der Waals surface area contributed by atoms with E-state index in [9.17, 15) is 9.59 Å². The molecule has 94 valence electrons. The van der Waals surface area contributed by atoms with Gasteiger partial charge in [0.05, 0.1) is 5.69 Å². The first kappa shape index (κ1) is 13.4. The molecule has 1 aromatic rings. The fourth-order valence-corrected chi connectivity index (χ4v) is 1.29. The summed E-state index contributed by atoms with van der Waals surface area (Å²) in [6.07, 6.45) is 0. The minimum atomic E-state index is -0.721. The van der Waals surface area contributed by atoms with Gasteiger partial charge in [0.15, 0.2) is 6.04 Å². The molecule has 0 spiro atoms. The van der Waals surface area contributed by atoms with Crippen LogP contribution in [0.15, 0.2) is 16.9 Å². The second-order valence-corrected chi connectivity index (χ2v) is 4.97. The summed E-state index contributed by atoms with van der Waals surface area (Å²) in [6, 6.07) is 2.28. The zero-order chi connectivity index (χ0) is 13.2. The number of esters is 1. The van der Waals surface area contributed by atoms with Crippen molar-refractivity contribution in [2.24, 2.45) is 0 Å². The molecule has 0 fully saturated rings. The number of hydrogen-bond donors (Lipinski definition) is 0. The Balaban J connectivity index is 2.97. The summed E-state index contributed by atoms with van der Waals surface area (Å²) < 4.78 is 6.35. The van der Waals surface area contributed by atoms with Crippen LogP contribution in [0.3, 0.4) is 0 Å². The molecule has 0 saturated heterocycles. The third kappa shape index (κ3) is 3.69. The predicted molar refractivity (Wildman–Crippen MR) is 63.8 cm³/mol. The Bertz CT molecular complexity index is 471. The molecule has 0 bridgehead atoms. The van der Waals surface area contributed by atoms with Gasteiger partial charge in [-0.3, -0.25) is 4.79 Å². The molecule has 0 aliphatic rings. The molecule has 17 heavy (non-hydrogen) atoms. The Morgan fingerprint density at radius 2 is 2.00 bits per heavy atom. The number of ether oxygens (including phenoxy) is 1. The van der Waals surface area contributed by atoms with Crippen molar-refractivity contribution in [2.45, 2.75) is 46.3 Å². The van der Waals surface area contributed by atoms with Crippen LogP contribution in [0.5, 0.6) is 0 Å². The Hall–Kier alpha value is -1.65. The molecule has 0 N–H and O–H groups in total. The van der Waals surface area contributed by atoms with Crippen LogP contribution in [0.2, 0.25) is 0 Å². The molecule has 5 heteroatoms. The minimum Gasteiger partial charge on any atom is -0.458 e. The summed E-state index contributed by atoms with van der Waals surface area (Å²) in [5.74, 6) is -0.460. The molecule has 1 heterocycles. The van der Waals surface area contributed by atoms with E-state index >= 15 is 0 Å². The summed E-state index contributed by atoms with van der Waals surface area (Å²) in [5, 5.41) is 4.03. The van der Waals surface area contributed by atoms with E-state index in [1.807, 2.05) is 0 Å². The van der Waals surface area contributed by atoms with Crippen LogP contribution in [-0.2, 0) is 9.53 Å².